The number of amides is 1. The van der Waals surface area contributed by atoms with E-state index in [4.69, 9.17) is 23.2 Å². The molecule has 116 valence electrons. The van der Waals surface area contributed by atoms with Crippen LogP contribution in [0.25, 0.3) is 10.6 Å². The van der Waals surface area contributed by atoms with E-state index in [9.17, 15) is 9.90 Å². The van der Waals surface area contributed by atoms with Gasteiger partial charge in [-0.1, -0.05) is 41.4 Å². The minimum Gasteiger partial charge on any atom is -0.506 e. The Labute approximate surface area is 146 Å². The first-order chi connectivity index (χ1) is 11.0. The number of carbonyl (C=O) groups excluding carboxylic acids is 1. The van der Waals surface area contributed by atoms with Crippen LogP contribution >= 0.6 is 34.5 Å². The molecule has 1 aromatic heterocycles. The van der Waals surface area contributed by atoms with E-state index in [1.807, 2.05) is 18.2 Å². The first-order valence-corrected chi connectivity index (χ1v) is 8.12. The molecule has 0 radical (unpaired) electrons. The number of phenolic OH excluding ortho intramolecular Hbond substituents is 1. The maximum absolute atomic E-state index is 12.3. The molecule has 2 aromatic carbocycles. The predicted octanol–water partition coefficient (Wildman–Crippen LogP) is 5.07. The number of nitrogens with one attached hydrogen (secondary N) is 1. The minimum atomic E-state index is -0.377. The van der Waals surface area contributed by atoms with Crippen LogP contribution in [-0.2, 0) is 0 Å². The summed E-state index contributed by atoms with van der Waals surface area (Å²) in [6, 6.07) is 11.7. The van der Waals surface area contributed by atoms with Crippen LogP contribution in [0.4, 0.5) is 5.69 Å². The monoisotopic (exact) mass is 364 g/mol. The van der Waals surface area contributed by atoms with Gasteiger partial charge in [0.1, 0.15) is 15.6 Å². The predicted molar refractivity (Wildman–Crippen MR) is 93.6 cm³/mol. The number of thiazole rings is 1. The smallest absolute Gasteiger partial charge is 0.267 e. The van der Waals surface area contributed by atoms with E-state index in [-0.39, 0.29) is 17.3 Å². The molecule has 0 saturated carbocycles. The molecule has 3 rings (SSSR count). The van der Waals surface area contributed by atoms with E-state index in [0.717, 1.165) is 5.56 Å². The third kappa shape index (κ3) is 3.47. The number of phenols is 1. The normalized spacial score (nSPS) is 10.5. The molecule has 1 heterocycles. The molecule has 1 amide bonds. The Morgan fingerprint density at radius 2 is 1.96 bits per heavy atom. The van der Waals surface area contributed by atoms with Crippen molar-refractivity contribution in [2.45, 2.75) is 0 Å². The van der Waals surface area contributed by atoms with Gasteiger partial charge in [-0.15, -0.1) is 11.3 Å². The van der Waals surface area contributed by atoms with Crippen LogP contribution in [0.5, 0.6) is 5.75 Å². The van der Waals surface area contributed by atoms with Gasteiger partial charge in [-0.05, 0) is 24.3 Å². The van der Waals surface area contributed by atoms with E-state index in [1.165, 1.54) is 35.7 Å². The molecule has 0 atom stereocenters. The first-order valence-electron chi connectivity index (χ1n) is 6.55. The van der Waals surface area contributed by atoms with Crippen LogP contribution in [0.3, 0.4) is 0 Å². The summed E-state index contributed by atoms with van der Waals surface area (Å²) in [5.74, 6) is -0.433. The molecule has 0 aliphatic heterocycles. The number of hydrogen-bond donors (Lipinski definition) is 2. The zero-order valence-corrected chi connectivity index (χ0v) is 13.9. The van der Waals surface area contributed by atoms with E-state index in [1.54, 1.807) is 6.07 Å². The molecule has 0 aliphatic carbocycles. The summed E-state index contributed by atoms with van der Waals surface area (Å²) in [5.41, 5.74) is 1.01. The second-order valence-electron chi connectivity index (χ2n) is 4.63. The summed E-state index contributed by atoms with van der Waals surface area (Å²) in [7, 11) is 0. The lowest BCUT2D eigenvalue weighted by molar-refractivity contribution is 0.103. The number of nitrogens with zero attached hydrogens (tertiary/aromatic N) is 1. The number of aromatic nitrogens is 1. The van der Waals surface area contributed by atoms with Crippen molar-refractivity contribution in [1.29, 1.82) is 0 Å². The van der Waals surface area contributed by atoms with Gasteiger partial charge in [0.25, 0.3) is 5.91 Å². The molecule has 0 saturated heterocycles. The summed E-state index contributed by atoms with van der Waals surface area (Å²) in [5, 5.41) is 14.0. The molecule has 0 fully saturated rings. The highest BCUT2D eigenvalue weighted by Gasteiger charge is 2.15. The van der Waals surface area contributed by atoms with Crippen molar-refractivity contribution in [2.75, 3.05) is 5.32 Å². The van der Waals surface area contributed by atoms with Crippen LogP contribution in [0.1, 0.15) is 9.67 Å². The summed E-state index contributed by atoms with van der Waals surface area (Å²) in [6.07, 6.45) is 1.47. The molecule has 7 heteroatoms. The van der Waals surface area contributed by atoms with Gasteiger partial charge >= 0.3 is 0 Å². The molecule has 2 N–H and O–H groups in total. The average Bonchev–Trinajstić information content (AvgIpc) is 3.01. The number of carbonyl (C=O) groups is 1. The van der Waals surface area contributed by atoms with E-state index in [0.29, 0.717) is 19.9 Å². The molecule has 0 bridgehead atoms. The second-order valence-corrected chi connectivity index (χ2v) is 6.50. The Balaban J connectivity index is 1.84. The van der Waals surface area contributed by atoms with Crippen molar-refractivity contribution < 1.29 is 9.90 Å². The number of hydrogen-bond acceptors (Lipinski definition) is 4. The van der Waals surface area contributed by atoms with Crippen LogP contribution in [-0.4, -0.2) is 16.0 Å². The van der Waals surface area contributed by atoms with Crippen molar-refractivity contribution >= 4 is 46.1 Å². The van der Waals surface area contributed by atoms with Crippen LogP contribution in [0, 0.1) is 0 Å². The fourth-order valence-electron chi connectivity index (χ4n) is 1.93. The van der Waals surface area contributed by atoms with Gasteiger partial charge in [-0.25, -0.2) is 4.98 Å². The Hall–Kier alpha value is -2.08. The van der Waals surface area contributed by atoms with E-state index in [2.05, 4.69) is 10.3 Å². The van der Waals surface area contributed by atoms with Gasteiger partial charge in [0.05, 0.1) is 16.9 Å². The molecular formula is C16H10Cl2N2O2S. The summed E-state index contributed by atoms with van der Waals surface area (Å²) in [6.45, 7) is 0. The fourth-order valence-corrected chi connectivity index (χ4v) is 3.23. The number of halogens is 2. The van der Waals surface area contributed by atoms with E-state index >= 15 is 0 Å². The number of aromatic hydroxyl groups is 1. The Morgan fingerprint density at radius 1 is 1.17 bits per heavy atom. The third-order valence-electron chi connectivity index (χ3n) is 3.04. The third-order valence-corrected chi connectivity index (χ3v) is 4.63. The minimum absolute atomic E-state index is 0.0569. The van der Waals surface area contributed by atoms with Gasteiger partial charge < -0.3 is 10.4 Å². The second kappa shape index (κ2) is 6.58. The highest BCUT2D eigenvalue weighted by Crippen LogP contribution is 2.32. The summed E-state index contributed by atoms with van der Waals surface area (Å²) >= 11 is 13.2. The van der Waals surface area contributed by atoms with Gasteiger partial charge in [0.15, 0.2) is 0 Å². The van der Waals surface area contributed by atoms with Crippen molar-refractivity contribution in [2.24, 2.45) is 0 Å². The number of anilines is 1. The van der Waals surface area contributed by atoms with Gasteiger partial charge in [-0.2, -0.15) is 0 Å². The highest BCUT2D eigenvalue weighted by atomic mass is 35.5. The Kier molecular flexibility index (Phi) is 4.52. The average molecular weight is 365 g/mol. The molecule has 23 heavy (non-hydrogen) atoms. The first kappa shape index (κ1) is 15.8. The molecule has 4 nitrogen and oxygen atoms in total. The number of rotatable bonds is 3. The summed E-state index contributed by atoms with van der Waals surface area (Å²) in [4.78, 5) is 16.9. The van der Waals surface area contributed by atoms with Gasteiger partial charge in [0.2, 0.25) is 0 Å². The van der Waals surface area contributed by atoms with Crippen molar-refractivity contribution in [3.63, 3.8) is 0 Å². The molecule has 0 unspecified atom stereocenters. The Bertz CT molecular complexity index is 880. The van der Waals surface area contributed by atoms with Gasteiger partial charge in [0, 0.05) is 10.6 Å². The topological polar surface area (TPSA) is 62.2 Å². The van der Waals surface area contributed by atoms with Crippen LogP contribution in [0.15, 0.2) is 48.7 Å². The fraction of sp³-hybridized carbons (Fsp3) is 0. The quantitative estimate of drug-likeness (QED) is 0.637. The lowest BCUT2D eigenvalue weighted by Gasteiger charge is -2.06. The van der Waals surface area contributed by atoms with Gasteiger partial charge in [-0.3, -0.25) is 4.79 Å². The SMILES string of the molecule is O=C(Nc1cc(Cl)ccc1O)c1cnc(-c2ccccc2Cl)s1. The van der Waals surface area contributed by atoms with Crippen molar-refractivity contribution in [1.82, 2.24) is 4.98 Å². The molecule has 0 aliphatic rings. The molecule has 0 spiro atoms. The lowest BCUT2D eigenvalue weighted by Crippen LogP contribution is -2.10. The van der Waals surface area contributed by atoms with Crippen LogP contribution < -0.4 is 5.32 Å². The Morgan fingerprint density at radius 3 is 2.74 bits per heavy atom. The molecular weight excluding hydrogens is 355 g/mol. The maximum Gasteiger partial charge on any atom is 0.267 e. The standard InChI is InChI=1S/C16H10Cl2N2O2S/c17-9-5-6-13(21)12(7-9)20-15(22)14-8-19-16(23-14)10-3-1-2-4-11(10)18/h1-8,21H,(H,20,22). The molecule has 3 aromatic rings. The summed E-state index contributed by atoms with van der Waals surface area (Å²) < 4.78 is 0. The maximum atomic E-state index is 12.3. The largest absolute Gasteiger partial charge is 0.506 e. The highest BCUT2D eigenvalue weighted by molar-refractivity contribution is 7.17. The van der Waals surface area contributed by atoms with Crippen molar-refractivity contribution in [3.05, 3.63) is 63.6 Å². The van der Waals surface area contributed by atoms with Crippen molar-refractivity contribution in [3.8, 4) is 16.3 Å². The zero-order chi connectivity index (χ0) is 16.4. The lowest BCUT2D eigenvalue weighted by atomic mass is 10.2. The number of benzene rings is 2. The van der Waals surface area contributed by atoms with E-state index < -0.39 is 0 Å². The van der Waals surface area contributed by atoms with Crippen LogP contribution in [0.2, 0.25) is 10.0 Å². The zero-order valence-electron chi connectivity index (χ0n) is 11.6.